The van der Waals surface area contributed by atoms with Gasteiger partial charge < -0.3 is 9.90 Å². The van der Waals surface area contributed by atoms with Gasteiger partial charge in [0.15, 0.2) is 0 Å². The summed E-state index contributed by atoms with van der Waals surface area (Å²) in [6.07, 6.45) is 5.46. The number of carboxylic acids is 1. The molecule has 1 heterocycles. The Balaban J connectivity index is 2.28. The largest absolute Gasteiger partial charge is 0.545 e. The number of aryl methyl sites for hydroxylation is 1. The molecule has 0 saturated heterocycles. The first-order chi connectivity index (χ1) is 10.6. The van der Waals surface area contributed by atoms with Gasteiger partial charge in [0.2, 0.25) is 0 Å². The molecule has 0 radical (unpaired) electrons. The Kier molecular flexibility index (Phi) is 5.36. The Morgan fingerprint density at radius 2 is 1.86 bits per heavy atom. The van der Waals surface area contributed by atoms with Crippen molar-refractivity contribution in [2.75, 3.05) is 0 Å². The van der Waals surface area contributed by atoms with Gasteiger partial charge in [-0.25, -0.2) is 9.13 Å². The molecular formula is C18H24N2O2. The molecule has 22 heavy (non-hydrogen) atoms. The maximum atomic E-state index is 10.8. The van der Waals surface area contributed by atoms with E-state index >= 15 is 0 Å². The molecule has 0 fully saturated rings. The first-order valence-electron chi connectivity index (χ1n) is 7.95. The van der Waals surface area contributed by atoms with Gasteiger partial charge in [-0.05, 0) is 24.0 Å². The zero-order valence-electron chi connectivity index (χ0n) is 13.6. The lowest BCUT2D eigenvalue weighted by molar-refractivity contribution is -0.695. The molecule has 0 unspecified atom stereocenters. The van der Waals surface area contributed by atoms with Crippen LogP contribution in [-0.4, -0.2) is 10.5 Å². The second-order valence-corrected chi connectivity index (χ2v) is 5.70. The molecule has 0 spiro atoms. The lowest BCUT2D eigenvalue weighted by Crippen LogP contribution is -2.37. The quantitative estimate of drug-likeness (QED) is 0.733. The maximum Gasteiger partial charge on any atom is 0.256 e. The third kappa shape index (κ3) is 3.56. The first kappa shape index (κ1) is 16.3. The van der Waals surface area contributed by atoms with Crippen LogP contribution in [0.4, 0.5) is 0 Å². The van der Waals surface area contributed by atoms with Crippen LogP contribution in [0.15, 0.2) is 30.5 Å². The average molecular weight is 300 g/mol. The number of hydrogen-bond donors (Lipinski definition) is 0. The van der Waals surface area contributed by atoms with E-state index < -0.39 is 5.97 Å². The number of aromatic nitrogens is 2. The van der Waals surface area contributed by atoms with Crippen molar-refractivity contribution in [3.63, 3.8) is 0 Å². The van der Waals surface area contributed by atoms with Crippen LogP contribution < -0.4 is 9.67 Å². The molecule has 118 valence electrons. The van der Waals surface area contributed by atoms with E-state index in [4.69, 9.17) is 0 Å². The van der Waals surface area contributed by atoms with E-state index in [1.165, 1.54) is 11.5 Å². The molecule has 0 aliphatic heterocycles. The number of nitrogens with zero attached hydrogens (tertiary/aromatic N) is 2. The number of imidazole rings is 1. The summed E-state index contributed by atoms with van der Waals surface area (Å²) >= 11 is 0. The maximum absolute atomic E-state index is 10.8. The number of aromatic carboxylic acids is 1. The van der Waals surface area contributed by atoms with E-state index in [1.807, 2.05) is 12.1 Å². The average Bonchev–Trinajstić information content (AvgIpc) is 2.77. The summed E-state index contributed by atoms with van der Waals surface area (Å²) in [7, 11) is 0. The lowest BCUT2D eigenvalue weighted by atomic mass is 10.1. The lowest BCUT2D eigenvalue weighted by Gasteiger charge is -2.06. The van der Waals surface area contributed by atoms with Crippen LogP contribution in [0.25, 0.3) is 0 Å². The van der Waals surface area contributed by atoms with Crippen molar-refractivity contribution in [1.82, 2.24) is 4.57 Å². The molecule has 0 aliphatic carbocycles. The monoisotopic (exact) mass is 300 g/mol. The minimum Gasteiger partial charge on any atom is -0.545 e. The smallest absolute Gasteiger partial charge is 0.256 e. The van der Waals surface area contributed by atoms with E-state index in [1.54, 1.807) is 12.1 Å². The molecule has 1 aromatic carbocycles. The Labute approximate surface area is 132 Å². The van der Waals surface area contributed by atoms with E-state index in [9.17, 15) is 9.90 Å². The zero-order chi connectivity index (χ0) is 16.1. The van der Waals surface area contributed by atoms with Gasteiger partial charge in [-0.15, -0.1) is 0 Å². The summed E-state index contributed by atoms with van der Waals surface area (Å²) in [6.45, 7) is 8.33. The fraction of sp³-hybridized carbons (Fsp3) is 0.444. The minimum absolute atomic E-state index is 0.224. The Hall–Kier alpha value is -2.10. The van der Waals surface area contributed by atoms with Crippen LogP contribution in [0.3, 0.4) is 0 Å². The fourth-order valence-corrected chi connectivity index (χ4v) is 2.84. The van der Waals surface area contributed by atoms with Crippen molar-refractivity contribution >= 4 is 5.97 Å². The molecule has 0 aliphatic rings. The van der Waals surface area contributed by atoms with Crippen molar-refractivity contribution < 1.29 is 14.5 Å². The summed E-state index contributed by atoms with van der Waals surface area (Å²) in [6, 6.07) is 6.95. The summed E-state index contributed by atoms with van der Waals surface area (Å²) in [4.78, 5) is 10.8. The topological polar surface area (TPSA) is 48.9 Å². The van der Waals surface area contributed by atoms with Gasteiger partial charge in [0.1, 0.15) is 18.4 Å². The second kappa shape index (κ2) is 7.25. The normalized spacial score (nSPS) is 10.9. The molecular weight excluding hydrogens is 276 g/mol. The SMILES string of the molecule is CCCc1n(CCC)c(C)c[n+]1Cc1ccc(C(=O)[O-])cc1. The zero-order valence-corrected chi connectivity index (χ0v) is 13.6. The second-order valence-electron chi connectivity index (χ2n) is 5.70. The molecule has 2 rings (SSSR count). The van der Waals surface area contributed by atoms with Crippen LogP contribution in [0.2, 0.25) is 0 Å². The molecule has 1 aromatic heterocycles. The van der Waals surface area contributed by atoms with Crippen LogP contribution in [0, 0.1) is 6.92 Å². The summed E-state index contributed by atoms with van der Waals surface area (Å²) in [5.74, 6) is 0.210. The predicted molar refractivity (Wildman–Crippen MR) is 83.5 cm³/mol. The number of benzene rings is 1. The number of carbonyl (C=O) groups excluding carboxylic acids is 1. The van der Waals surface area contributed by atoms with Gasteiger partial charge in [0.05, 0.1) is 12.5 Å². The third-order valence-electron chi connectivity index (χ3n) is 3.87. The molecule has 0 atom stereocenters. The number of carboxylic acid groups (broad SMARTS) is 1. The predicted octanol–water partition coefficient (Wildman–Crippen LogP) is 1.86. The van der Waals surface area contributed by atoms with Crippen molar-refractivity contribution in [3.05, 3.63) is 53.1 Å². The summed E-state index contributed by atoms with van der Waals surface area (Å²) < 4.78 is 4.67. The fourth-order valence-electron chi connectivity index (χ4n) is 2.84. The van der Waals surface area contributed by atoms with Gasteiger partial charge in [0.25, 0.3) is 5.82 Å². The van der Waals surface area contributed by atoms with Gasteiger partial charge in [-0.2, -0.15) is 0 Å². The molecule has 0 amide bonds. The van der Waals surface area contributed by atoms with Crippen molar-refractivity contribution in [2.45, 2.75) is 53.1 Å². The standard InChI is InChI=1S/C18H24N2O2/c1-4-6-17-19(12-14(3)20(17)11-5-2)13-15-7-9-16(10-8-15)18(21)22/h7-10,12H,4-6,11,13H2,1-3H3. The van der Waals surface area contributed by atoms with Gasteiger partial charge >= 0.3 is 0 Å². The van der Waals surface area contributed by atoms with Crippen molar-refractivity contribution in [2.24, 2.45) is 0 Å². The van der Waals surface area contributed by atoms with E-state index in [0.717, 1.165) is 37.9 Å². The van der Waals surface area contributed by atoms with Crippen molar-refractivity contribution in [3.8, 4) is 0 Å². The van der Waals surface area contributed by atoms with E-state index in [0.29, 0.717) is 0 Å². The molecule has 2 aromatic rings. The van der Waals surface area contributed by atoms with Crippen LogP contribution in [0.1, 0.15) is 54.1 Å². The Morgan fingerprint density at radius 3 is 2.41 bits per heavy atom. The molecule has 0 saturated carbocycles. The van der Waals surface area contributed by atoms with Crippen LogP contribution >= 0.6 is 0 Å². The van der Waals surface area contributed by atoms with Gasteiger partial charge in [0, 0.05) is 13.3 Å². The highest BCUT2D eigenvalue weighted by Crippen LogP contribution is 2.09. The highest BCUT2D eigenvalue weighted by molar-refractivity contribution is 5.85. The van der Waals surface area contributed by atoms with Crippen LogP contribution in [-0.2, 0) is 19.5 Å². The molecule has 4 nitrogen and oxygen atoms in total. The first-order valence-corrected chi connectivity index (χ1v) is 7.95. The summed E-state index contributed by atoms with van der Waals surface area (Å²) in [5, 5.41) is 10.8. The molecule has 0 bridgehead atoms. The number of rotatable bonds is 7. The van der Waals surface area contributed by atoms with Crippen LogP contribution in [0.5, 0.6) is 0 Å². The number of carbonyl (C=O) groups is 1. The van der Waals surface area contributed by atoms with Gasteiger partial charge in [-0.1, -0.05) is 38.1 Å². The van der Waals surface area contributed by atoms with E-state index in [-0.39, 0.29) is 5.56 Å². The van der Waals surface area contributed by atoms with E-state index in [2.05, 4.69) is 36.1 Å². The molecule has 4 heteroatoms. The Bertz CT molecular complexity index is 642. The van der Waals surface area contributed by atoms with Gasteiger partial charge in [-0.3, -0.25) is 0 Å². The molecule has 0 N–H and O–H groups in total. The highest BCUT2D eigenvalue weighted by Gasteiger charge is 2.19. The highest BCUT2D eigenvalue weighted by atomic mass is 16.4. The summed E-state index contributed by atoms with van der Waals surface area (Å²) in [5.41, 5.74) is 2.60. The third-order valence-corrected chi connectivity index (χ3v) is 3.87. The minimum atomic E-state index is -1.13. The van der Waals surface area contributed by atoms with Crippen molar-refractivity contribution in [1.29, 1.82) is 0 Å². The Morgan fingerprint density at radius 1 is 1.18 bits per heavy atom. The number of hydrogen-bond acceptors (Lipinski definition) is 2.